The van der Waals surface area contributed by atoms with Crippen LogP contribution < -0.4 is 0 Å². The molecule has 17 heavy (non-hydrogen) atoms. The molecule has 1 atom stereocenters. The van der Waals surface area contributed by atoms with Gasteiger partial charge in [-0.2, -0.15) is 0 Å². The molecule has 0 saturated heterocycles. The molecule has 0 aliphatic carbocycles. The first-order valence-corrected chi connectivity index (χ1v) is 6.25. The van der Waals surface area contributed by atoms with E-state index in [1.807, 2.05) is 24.3 Å². The fourth-order valence-electron chi connectivity index (χ4n) is 2.02. The average molecular weight is 291 g/mol. The Labute approximate surface area is 107 Å². The van der Waals surface area contributed by atoms with Crippen LogP contribution in [0, 0.1) is 0 Å². The van der Waals surface area contributed by atoms with Crippen molar-refractivity contribution in [1.82, 2.24) is 0 Å². The van der Waals surface area contributed by atoms with E-state index in [9.17, 15) is 5.11 Å². The third kappa shape index (κ3) is 1.66. The Bertz CT molecular complexity index is 698. The molecule has 0 radical (unpaired) electrons. The van der Waals surface area contributed by atoms with Gasteiger partial charge < -0.3 is 9.52 Å². The molecule has 1 N–H and O–H groups in total. The fourth-order valence-corrected chi connectivity index (χ4v) is 2.69. The maximum Gasteiger partial charge on any atom is 0.149 e. The molecule has 3 aromatic rings. The zero-order valence-electron chi connectivity index (χ0n) is 9.27. The van der Waals surface area contributed by atoms with E-state index >= 15 is 0 Å². The minimum atomic E-state index is -0.586. The van der Waals surface area contributed by atoms with Crippen LogP contribution in [0.4, 0.5) is 0 Å². The Morgan fingerprint density at radius 1 is 1.18 bits per heavy atom. The number of hydrogen-bond acceptors (Lipinski definition) is 2. The second-order valence-corrected chi connectivity index (χ2v) is 4.95. The van der Waals surface area contributed by atoms with E-state index < -0.39 is 6.10 Å². The van der Waals surface area contributed by atoms with Crippen molar-refractivity contribution in [1.29, 1.82) is 0 Å². The van der Waals surface area contributed by atoms with Gasteiger partial charge in [0.2, 0.25) is 0 Å². The first kappa shape index (κ1) is 10.8. The number of hydrogen-bond donors (Lipinski definition) is 1. The maximum absolute atomic E-state index is 9.54. The number of furan rings is 1. The first-order chi connectivity index (χ1) is 8.16. The zero-order chi connectivity index (χ0) is 12.0. The van der Waals surface area contributed by atoms with E-state index in [0.29, 0.717) is 5.76 Å². The lowest BCUT2D eigenvalue weighted by atomic mass is 10.1. The quantitative estimate of drug-likeness (QED) is 0.720. The second-order valence-electron chi connectivity index (χ2n) is 4.15. The Kier molecular flexibility index (Phi) is 2.45. The summed E-state index contributed by atoms with van der Waals surface area (Å²) in [6.45, 7) is 1.70. The van der Waals surface area contributed by atoms with Crippen molar-refractivity contribution in [2.45, 2.75) is 13.0 Å². The lowest BCUT2D eigenvalue weighted by Gasteiger charge is -2.01. The van der Waals surface area contributed by atoms with Crippen LogP contribution in [0.25, 0.3) is 21.7 Å². The molecule has 2 aromatic carbocycles. The van der Waals surface area contributed by atoms with E-state index in [1.165, 1.54) is 0 Å². The lowest BCUT2D eigenvalue weighted by molar-refractivity contribution is 0.172. The van der Waals surface area contributed by atoms with E-state index in [4.69, 9.17) is 4.42 Å². The topological polar surface area (TPSA) is 33.4 Å². The highest BCUT2D eigenvalue weighted by Gasteiger charge is 2.13. The molecule has 0 bridgehead atoms. The molecule has 1 aromatic heterocycles. The monoisotopic (exact) mass is 290 g/mol. The van der Waals surface area contributed by atoms with Crippen LogP contribution in [0.3, 0.4) is 0 Å². The number of aliphatic hydroxyl groups is 1. The van der Waals surface area contributed by atoms with Crippen molar-refractivity contribution < 1.29 is 9.52 Å². The van der Waals surface area contributed by atoms with E-state index in [0.717, 1.165) is 26.2 Å². The molecular formula is C14H11BrO2. The molecule has 86 valence electrons. The summed E-state index contributed by atoms with van der Waals surface area (Å²) in [7, 11) is 0. The highest BCUT2D eigenvalue weighted by atomic mass is 79.9. The minimum Gasteiger partial charge on any atom is -0.457 e. The summed E-state index contributed by atoms with van der Waals surface area (Å²) in [5.74, 6) is 0.594. The predicted octanol–water partition coefficient (Wildman–Crippen LogP) is 4.40. The number of rotatable bonds is 1. The lowest BCUT2D eigenvalue weighted by Crippen LogP contribution is -1.85. The van der Waals surface area contributed by atoms with Crippen molar-refractivity contribution >= 4 is 37.7 Å². The molecule has 0 fully saturated rings. The number of aliphatic hydroxyl groups excluding tert-OH is 1. The predicted molar refractivity (Wildman–Crippen MR) is 72.1 cm³/mol. The Morgan fingerprint density at radius 2 is 1.94 bits per heavy atom. The molecule has 3 heteroatoms. The van der Waals surface area contributed by atoms with Gasteiger partial charge in [0.25, 0.3) is 0 Å². The number of halogens is 1. The van der Waals surface area contributed by atoms with Gasteiger partial charge >= 0.3 is 0 Å². The van der Waals surface area contributed by atoms with Gasteiger partial charge in [0.1, 0.15) is 17.4 Å². The van der Waals surface area contributed by atoms with Gasteiger partial charge in [-0.05, 0) is 45.8 Å². The Morgan fingerprint density at radius 3 is 2.71 bits per heavy atom. The molecule has 0 amide bonds. The molecule has 0 aliphatic heterocycles. The van der Waals surface area contributed by atoms with Gasteiger partial charge in [-0.15, -0.1) is 0 Å². The van der Waals surface area contributed by atoms with Crippen molar-refractivity contribution in [3.63, 3.8) is 0 Å². The second kappa shape index (κ2) is 3.86. The number of fused-ring (bicyclic) bond motifs is 2. The van der Waals surface area contributed by atoms with Gasteiger partial charge in [-0.25, -0.2) is 0 Å². The van der Waals surface area contributed by atoms with Crippen LogP contribution >= 0.6 is 15.9 Å². The first-order valence-electron chi connectivity index (χ1n) is 5.45. The summed E-state index contributed by atoms with van der Waals surface area (Å²) in [6.07, 6.45) is -0.586. The highest BCUT2D eigenvalue weighted by molar-refractivity contribution is 9.10. The van der Waals surface area contributed by atoms with Crippen molar-refractivity contribution in [2.24, 2.45) is 0 Å². The van der Waals surface area contributed by atoms with Crippen LogP contribution in [0.2, 0.25) is 0 Å². The van der Waals surface area contributed by atoms with Crippen molar-refractivity contribution in [2.75, 3.05) is 0 Å². The third-order valence-electron chi connectivity index (χ3n) is 2.90. The van der Waals surface area contributed by atoms with Crippen molar-refractivity contribution in [3.8, 4) is 0 Å². The summed E-state index contributed by atoms with van der Waals surface area (Å²) in [4.78, 5) is 0. The standard InChI is InChI=1S/C14H11BrO2/c1-8(16)12-7-10-6-9-4-2-3-5-11(9)13(15)14(10)17-12/h2-8,16H,1H3. The van der Waals surface area contributed by atoms with Crippen LogP contribution in [0.5, 0.6) is 0 Å². The van der Waals surface area contributed by atoms with Crippen LogP contribution in [-0.2, 0) is 0 Å². The molecule has 0 spiro atoms. The normalized spacial score (nSPS) is 13.4. The summed E-state index contributed by atoms with van der Waals surface area (Å²) >= 11 is 3.57. The van der Waals surface area contributed by atoms with Crippen molar-refractivity contribution in [3.05, 3.63) is 46.6 Å². The van der Waals surface area contributed by atoms with Gasteiger partial charge in [0, 0.05) is 5.39 Å². The Hall–Kier alpha value is -1.32. The highest BCUT2D eigenvalue weighted by Crippen LogP contribution is 2.35. The molecule has 1 heterocycles. The zero-order valence-corrected chi connectivity index (χ0v) is 10.9. The molecule has 1 unspecified atom stereocenters. The molecule has 0 aliphatic rings. The largest absolute Gasteiger partial charge is 0.457 e. The van der Waals surface area contributed by atoms with E-state index in [-0.39, 0.29) is 0 Å². The summed E-state index contributed by atoms with van der Waals surface area (Å²) < 4.78 is 6.61. The summed E-state index contributed by atoms with van der Waals surface area (Å²) in [5.41, 5.74) is 0.791. The van der Waals surface area contributed by atoms with E-state index in [2.05, 4.69) is 28.1 Å². The number of benzene rings is 2. The van der Waals surface area contributed by atoms with Crippen LogP contribution in [0.1, 0.15) is 18.8 Å². The van der Waals surface area contributed by atoms with Crippen LogP contribution in [-0.4, -0.2) is 5.11 Å². The minimum absolute atomic E-state index is 0.586. The molecule has 0 saturated carbocycles. The third-order valence-corrected chi connectivity index (χ3v) is 3.69. The van der Waals surface area contributed by atoms with E-state index in [1.54, 1.807) is 6.92 Å². The van der Waals surface area contributed by atoms with Crippen LogP contribution in [0.15, 0.2) is 45.3 Å². The summed E-state index contributed by atoms with van der Waals surface area (Å²) in [6, 6.07) is 12.1. The average Bonchev–Trinajstić information content (AvgIpc) is 2.74. The fraction of sp³-hybridized carbons (Fsp3) is 0.143. The Balaban J connectivity index is 2.42. The maximum atomic E-state index is 9.54. The SMILES string of the molecule is CC(O)c1cc2cc3ccccc3c(Br)c2o1. The molecule has 2 nitrogen and oxygen atoms in total. The van der Waals surface area contributed by atoms with Gasteiger partial charge in [0.15, 0.2) is 0 Å². The van der Waals surface area contributed by atoms with Gasteiger partial charge in [-0.3, -0.25) is 0 Å². The van der Waals surface area contributed by atoms with Gasteiger partial charge in [-0.1, -0.05) is 24.3 Å². The molecular weight excluding hydrogens is 280 g/mol. The smallest absolute Gasteiger partial charge is 0.149 e. The summed E-state index contributed by atoms with van der Waals surface area (Å²) in [5, 5.41) is 12.8. The van der Waals surface area contributed by atoms with Gasteiger partial charge in [0.05, 0.1) is 4.47 Å². The molecule has 3 rings (SSSR count).